The maximum Gasteiger partial charge on any atom is 0.230 e. The minimum Gasteiger partial charge on any atom is -0.464 e. The van der Waals surface area contributed by atoms with Crippen molar-refractivity contribution >= 4 is 17.7 Å². The van der Waals surface area contributed by atoms with Gasteiger partial charge in [0.1, 0.15) is 11.5 Å². The van der Waals surface area contributed by atoms with Gasteiger partial charge in [-0.15, -0.1) is 11.8 Å². The lowest BCUT2D eigenvalue weighted by molar-refractivity contribution is -0.119. The summed E-state index contributed by atoms with van der Waals surface area (Å²) in [6.07, 6.45) is 3.62. The van der Waals surface area contributed by atoms with E-state index >= 15 is 0 Å². The molecule has 0 saturated heterocycles. The van der Waals surface area contributed by atoms with E-state index in [9.17, 15) is 4.79 Å². The number of benzene rings is 1. The first-order valence-electron chi connectivity index (χ1n) is 7.72. The Bertz CT molecular complexity index is 677. The van der Waals surface area contributed by atoms with Crippen LogP contribution in [0, 0.1) is 6.92 Å². The maximum atomic E-state index is 12.1. The Morgan fingerprint density at radius 3 is 2.86 bits per heavy atom. The lowest BCUT2D eigenvalue weighted by Crippen LogP contribution is -2.27. The first kappa shape index (κ1) is 15.2. The molecule has 1 aliphatic carbocycles. The molecular weight excluding hydrogens is 294 g/mol. The van der Waals surface area contributed by atoms with Crippen molar-refractivity contribution in [3.63, 3.8) is 0 Å². The summed E-state index contributed by atoms with van der Waals surface area (Å²) in [5.41, 5.74) is 2.92. The zero-order chi connectivity index (χ0) is 15.5. The van der Waals surface area contributed by atoms with Crippen LogP contribution in [-0.2, 0) is 17.6 Å². The minimum absolute atomic E-state index is 0.0343. The van der Waals surface area contributed by atoms with Crippen LogP contribution < -0.4 is 5.32 Å². The Kier molecular flexibility index (Phi) is 4.57. The normalized spacial score (nSPS) is 14.6. The highest BCUT2D eigenvalue weighted by Crippen LogP contribution is 2.27. The molecule has 1 amide bonds. The van der Waals surface area contributed by atoms with Gasteiger partial charge in [-0.25, -0.2) is 0 Å². The van der Waals surface area contributed by atoms with Crippen molar-refractivity contribution in [2.24, 2.45) is 0 Å². The molecule has 1 aliphatic rings. The number of carbonyl (C=O) groups is 1. The van der Waals surface area contributed by atoms with E-state index in [2.05, 4.69) is 23.5 Å². The number of aryl methyl sites for hydroxylation is 3. The third-order valence-corrected chi connectivity index (χ3v) is 5.00. The summed E-state index contributed by atoms with van der Waals surface area (Å²) >= 11 is 1.59. The molecule has 1 atom stereocenters. The van der Waals surface area contributed by atoms with E-state index in [1.165, 1.54) is 35.3 Å². The molecule has 1 N–H and O–H groups in total. The SMILES string of the molecule is Cc1ccc(C(C)NC(=O)CSc2ccc3c(c2)CCC3)o1. The van der Waals surface area contributed by atoms with Gasteiger partial charge < -0.3 is 9.73 Å². The predicted octanol–water partition coefficient (Wildman–Crippen LogP) is 4.05. The van der Waals surface area contributed by atoms with Gasteiger partial charge in [0.2, 0.25) is 5.91 Å². The molecule has 1 aromatic carbocycles. The van der Waals surface area contributed by atoms with Crippen molar-refractivity contribution in [1.82, 2.24) is 5.32 Å². The number of nitrogens with one attached hydrogen (secondary N) is 1. The summed E-state index contributed by atoms with van der Waals surface area (Å²) in [6, 6.07) is 10.3. The first-order chi connectivity index (χ1) is 10.6. The quantitative estimate of drug-likeness (QED) is 0.847. The van der Waals surface area contributed by atoms with Crippen LogP contribution >= 0.6 is 11.8 Å². The molecule has 22 heavy (non-hydrogen) atoms. The number of hydrogen-bond donors (Lipinski definition) is 1. The summed E-state index contributed by atoms with van der Waals surface area (Å²) in [6.45, 7) is 3.85. The molecule has 1 aromatic heterocycles. The number of rotatable bonds is 5. The van der Waals surface area contributed by atoms with Crippen molar-refractivity contribution in [3.8, 4) is 0 Å². The van der Waals surface area contributed by atoms with Crippen molar-refractivity contribution in [1.29, 1.82) is 0 Å². The molecule has 0 spiro atoms. The minimum atomic E-state index is -0.0955. The van der Waals surface area contributed by atoms with Gasteiger partial charge in [0.25, 0.3) is 0 Å². The van der Waals surface area contributed by atoms with Crippen molar-refractivity contribution in [2.75, 3.05) is 5.75 Å². The molecule has 0 bridgehead atoms. The monoisotopic (exact) mass is 315 g/mol. The second-order valence-corrected chi connectivity index (χ2v) is 6.86. The van der Waals surface area contributed by atoms with Gasteiger partial charge in [-0.05, 0) is 68.5 Å². The van der Waals surface area contributed by atoms with E-state index in [4.69, 9.17) is 4.42 Å². The largest absolute Gasteiger partial charge is 0.464 e. The van der Waals surface area contributed by atoms with E-state index in [0.29, 0.717) is 5.75 Å². The Labute approximate surface area is 135 Å². The van der Waals surface area contributed by atoms with Crippen molar-refractivity contribution < 1.29 is 9.21 Å². The van der Waals surface area contributed by atoms with Gasteiger partial charge in [0.05, 0.1) is 11.8 Å². The second kappa shape index (κ2) is 6.61. The third-order valence-electron chi connectivity index (χ3n) is 4.01. The standard InChI is InChI=1S/C18H21NO2S/c1-12-6-9-17(21-12)13(2)19-18(20)11-22-16-8-7-14-4-3-5-15(14)10-16/h6-10,13H,3-5,11H2,1-2H3,(H,19,20). The number of thioether (sulfide) groups is 1. The molecule has 1 heterocycles. The van der Waals surface area contributed by atoms with Crippen molar-refractivity contribution in [2.45, 2.75) is 44.0 Å². The molecule has 0 radical (unpaired) electrons. The average molecular weight is 315 g/mol. The maximum absolute atomic E-state index is 12.1. The summed E-state index contributed by atoms with van der Waals surface area (Å²) in [5.74, 6) is 2.13. The molecular formula is C18H21NO2S. The van der Waals surface area contributed by atoms with Crippen LogP contribution in [0.25, 0.3) is 0 Å². The highest BCUT2D eigenvalue weighted by molar-refractivity contribution is 8.00. The zero-order valence-corrected chi connectivity index (χ0v) is 13.8. The van der Waals surface area contributed by atoms with Crippen LogP contribution in [0.15, 0.2) is 39.6 Å². The molecule has 116 valence electrons. The first-order valence-corrected chi connectivity index (χ1v) is 8.70. The fourth-order valence-electron chi connectivity index (χ4n) is 2.83. The number of furan rings is 1. The Hall–Kier alpha value is -1.68. The number of fused-ring (bicyclic) bond motifs is 1. The number of hydrogen-bond acceptors (Lipinski definition) is 3. The van der Waals surface area contributed by atoms with E-state index < -0.39 is 0 Å². The molecule has 0 aliphatic heterocycles. The van der Waals surface area contributed by atoms with Crippen LogP contribution in [0.1, 0.15) is 42.0 Å². The summed E-state index contributed by atoms with van der Waals surface area (Å²) in [5, 5.41) is 2.98. The summed E-state index contributed by atoms with van der Waals surface area (Å²) < 4.78 is 5.54. The smallest absolute Gasteiger partial charge is 0.230 e. The molecule has 0 fully saturated rings. The van der Waals surface area contributed by atoms with Gasteiger partial charge in [-0.2, -0.15) is 0 Å². The van der Waals surface area contributed by atoms with Crippen molar-refractivity contribution in [3.05, 3.63) is 53.0 Å². The van der Waals surface area contributed by atoms with E-state index in [1.807, 2.05) is 26.0 Å². The third kappa shape index (κ3) is 3.55. The summed E-state index contributed by atoms with van der Waals surface area (Å²) in [4.78, 5) is 13.2. The Morgan fingerprint density at radius 2 is 2.09 bits per heavy atom. The van der Waals surface area contributed by atoms with Crippen LogP contribution in [-0.4, -0.2) is 11.7 Å². The predicted molar refractivity (Wildman–Crippen MR) is 89.2 cm³/mol. The van der Waals surface area contributed by atoms with Gasteiger partial charge in [-0.1, -0.05) is 6.07 Å². The topological polar surface area (TPSA) is 42.2 Å². The number of carbonyl (C=O) groups excluding carboxylic acids is 1. The molecule has 3 rings (SSSR count). The van der Waals surface area contributed by atoms with Crippen LogP contribution in [0.5, 0.6) is 0 Å². The highest BCUT2D eigenvalue weighted by Gasteiger charge is 2.14. The fourth-order valence-corrected chi connectivity index (χ4v) is 3.60. The van der Waals surface area contributed by atoms with Gasteiger partial charge in [0.15, 0.2) is 0 Å². The molecule has 4 heteroatoms. The van der Waals surface area contributed by atoms with Gasteiger partial charge >= 0.3 is 0 Å². The molecule has 3 nitrogen and oxygen atoms in total. The van der Waals surface area contributed by atoms with Crippen LogP contribution in [0.3, 0.4) is 0 Å². The molecule has 2 aromatic rings. The zero-order valence-electron chi connectivity index (χ0n) is 13.0. The van der Waals surface area contributed by atoms with E-state index in [1.54, 1.807) is 11.8 Å². The van der Waals surface area contributed by atoms with Gasteiger partial charge in [0, 0.05) is 4.90 Å². The average Bonchev–Trinajstić information content (AvgIpc) is 3.13. The Balaban J connectivity index is 1.52. The summed E-state index contributed by atoms with van der Waals surface area (Å²) in [7, 11) is 0. The van der Waals surface area contributed by atoms with E-state index in [-0.39, 0.29) is 11.9 Å². The highest BCUT2D eigenvalue weighted by atomic mass is 32.2. The van der Waals surface area contributed by atoms with Crippen LogP contribution in [0.2, 0.25) is 0 Å². The fraction of sp³-hybridized carbons (Fsp3) is 0.389. The van der Waals surface area contributed by atoms with E-state index in [0.717, 1.165) is 11.5 Å². The van der Waals surface area contributed by atoms with Crippen LogP contribution in [0.4, 0.5) is 0 Å². The lowest BCUT2D eigenvalue weighted by atomic mass is 10.1. The lowest BCUT2D eigenvalue weighted by Gasteiger charge is -2.11. The second-order valence-electron chi connectivity index (χ2n) is 5.81. The molecule has 1 unspecified atom stereocenters. The Morgan fingerprint density at radius 1 is 1.27 bits per heavy atom. The van der Waals surface area contributed by atoms with Gasteiger partial charge in [-0.3, -0.25) is 4.79 Å². The number of amides is 1. The molecule has 0 saturated carbocycles.